The van der Waals surface area contributed by atoms with Crippen LogP contribution in [0.5, 0.6) is 0 Å². The van der Waals surface area contributed by atoms with Crippen LogP contribution in [-0.2, 0) is 19.3 Å². The van der Waals surface area contributed by atoms with E-state index >= 15 is 0 Å². The quantitative estimate of drug-likeness (QED) is 0.881. The molecule has 114 valence electrons. The molecule has 0 aliphatic rings. The van der Waals surface area contributed by atoms with Gasteiger partial charge < -0.3 is 10.3 Å². The van der Waals surface area contributed by atoms with Gasteiger partial charge in [0.1, 0.15) is 5.82 Å². The first-order valence-corrected chi connectivity index (χ1v) is 6.03. The number of imidazole rings is 1. The lowest BCUT2D eigenvalue weighted by Gasteiger charge is -2.07. The molecule has 0 aliphatic carbocycles. The number of alkyl halides is 5. The Morgan fingerprint density at radius 3 is 2.24 bits per heavy atom. The third kappa shape index (κ3) is 3.57. The summed E-state index contributed by atoms with van der Waals surface area (Å²) in [5, 5.41) is 0. The van der Waals surface area contributed by atoms with Gasteiger partial charge in [0.2, 0.25) is 0 Å². The molecule has 0 radical (unpaired) electrons. The van der Waals surface area contributed by atoms with Gasteiger partial charge in [-0.15, -0.1) is 0 Å². The van der Waals surface area contributed by atoms with E-state index in [2.05, 4.69) is 4.98 Å². The number of hydrogen-bond acceptors (Lipinski definition) is 2. The Morgan fingerprint density at radius 1 is 1.14 bits per heavy atom. The van der Waals surface area contributed by atoms with Crippen molar-refractivity contribution in [2.75, 3.05) is 0 Å². The highest BCUT2D eigenvalue weighted by molar-refractivity contribution is 5.56. The molecule has 0 bridgehead atoms. The summed E-state index contributed by atoms with van der Waals surface area (Å²) in [4.78, 5) is 3.43. The SMILES string of the molecule is NCc1ccc(-c2nc(C(F)(F)F)cn2CC(F)F)cc1. The molecule has 8 heteroatoms. The lowest BCUT2D eigenvalue weighted by Crippen LogP contribution is -2.07. The Labute approximate surface area is 117 Å². The van der Waals surface area contributed by atoms with Gasteiger partial charge in [0.05, 0.1) is 6.54 Å². The summed E-state index contributed by atoms with van der Waals surface area (Å²) in [5.41, 5.74) is 5.34. The standard InChI is InChI=1S/C13H12F5N3/c14-11(15)7-21-6-10(13(16,17)18)20-12(21)9-3-1-8(5-19)2-4-9/h1-4,6,11H,5,7,19H2. The van der Waals surface area contributed by atoms with Crippen molar-refractivity contribution < 1.29 is 22.0 Å². The van der Waals surface area contributed by atoms with Crippen molar-refractivity contribution in [3.63, 3.8) is 0 Å². The number of aromatic nitrogens is 2. The molecular weight excluding hydrogens is 293 g/mol. The highest BCUT2D eigenvalue weighted by atomic mass is 19.4. The van der Waals surface area contributed by atoms with Gasteiger partial charge in [0.25, 0.3) is 6.43 Å². The first-order chi connectivity index (χ1) is 9.81. The average Bonchev–Trinajstić information content (AvgIpc) is 2.82. The molecule has 1 aromatic heterocycles. The number of halogens is 5. The Bertz CT molecular complexity index is 601. The van der Waals surface area contributed by atoms with Crippen molar-refractivity contribution in [2.24, 2.45) is 5.73 Å². The van der Waals surface area contributed by atoms with Gasteiger partial charge in [0, 0.05) is 18.3 Å². The van der Waals surface area contributed by atoms with Crippen LogP contribution < -0.4 is 5.73 Å². The van der Waals surface area contributed by atoms with E-state index in [0.717, 1.165) is 10.1 Å². The third-order valence-electron chi connectivity index (χ3n) is 2.85. The molecule has 21 heavy (non-hydrogen) atoms. The molecule has 0 spiro atoms. The van der Waals surface area contributed by atoms with Crippen LogP contribution in [0.25, 0.3) is 11.4 Å². The topological polar surface area (TPSA) is 43.8 Å². The average molecular weight is 305 g/mol. The van der Waals surface area contributed by atoms with Gasteiger partial charge in [-0.25, -0.2) is 13.8 Å². The number of nitrogens with two attached hydrogens (primary N) is 1. The monoisotopic (exact) mass is 305 g/mol. The van der Waals surface area contributed by atoms with Gasteiger partial charge in [0.15, 0.2) is 5.69 Å². The zero-order chi connectivity index (χ0) is 15.6. The molecule has 3 nitrogen and oxygen atoms in total. The molecule has 2 rings (SSSR count). The zero-order valence-electron chi connectivity index (χ0n) is 10.7. The number of nitrogens with zero attached hydrogens (tertiary/aromatic N) is 2. The zero-order valence-corrected chi connectivity index (χ0v) is 10.7. The van der Waals surface area contributed by atoms with Crippen molar-refractivity contribution in [1.82, 2.24) is 9.55 Å². The van der Waals surface area contributed by atoms with Crippen LogP contribution in [0.2, 0.25) is 0 Å². The molecule has 0 aliphatic heterocycles. The fraction of sp³-hybridized carbons (Fsp3) is 0.308. The summed E-state index contributed by atoms with van der Waals surface area (Å²) < 4.78 is 63.8. The lowest BCUT2D eigenvalue weighted by atomic mass is 10.1. The molecule has 0 amide bonds. The normalized spacial score (nSPS) is 12.1. The van der Waals surface area contributed by atoms with Crippen LogP contribution in [0, 0.1) is 0 Å². The minimum Gasteiger partial charge on any atom is -0.326 e. The van der Waals surface area contributed by atoms with Crippen molar-refractivity contribution >= 4 is 0 Å². The van der Waals surface area contributed by atoms with E-state index in [1.165, 1.54) is 12.1 Å². The molecule has 0 saturated carbocycles. The van der Waals surface area contributed by atoms with Crippen molar-refractivity contribution in [3.8, 4) is 11.4 Å². The summed E-state index contributed by atoms with van der Waals surface area (Å²) in [7, 11) is 0. The van der Waals surface area contributed by atoms with Crippen LogP contribution in [-0.4, -0.2) is 16.0 Å². The maximum atomic E-state index is 12.7. The summed E-state index contributed by atoms with van der Waals surface area (Å²) in [6, 6.07) is 6.24. The van der Waals surface area contributed by atoms with Crippen molar-refractivity contribution in [3.05, 3.63) is 41.7 Å². The predicted molar refractivity (Wildman–Crippen MR) is 66.6 cm³/mol. The molecule has 1 heterocycles. The smallest absolute Gasteiger partial charge is 0.326 e. The molecule has 0 saturated heterocycles. The second-order valence-electron chi connectivity index (χ2n) is 4.39. The molecule has 2 N–H and O–H groups in total. The minimum absolute atomic E-state index is 0.147. The van der Waals surface area contributed by atoms with Crippen LogP contribution in [0.15, 0.2) is 30.5 Å². The van der Waals surface area contributed by atoms with Crippen molar-refractivity contribution in [2.45, 2.75) is 25.7 Å². The Hall–Kier alpha value is -1.96. The van der Waals surface area contributed by atoms with Gasteiger partial charge in [-0.3, -0.25) is 0 Å². The van der Waals surface area contributed by atoms with E-state index in [4.69, 9.17) is 5.73 Å². The Balaban J connectivity index is 2.46. The molecule has 0 fully saturated rings. The summed E-state index contributed by atoms with van der Waals surface area (Å²) in [6.07, 6.45) is -6.86. The highest BCUT2D eigenvalue weighted by Crippen LogP contribution is 2.31. The summed E-state index contributed by atoms with van der Waals surface area (Å²) >= 11 is 0. The number of benzene rings is 1. The largest absolute Gasteiger partial charge is 0.434 e. The molecule has 0 atom stereocenters. The molecule has 1 aromatic carbocycles. The molecular formula is C13H12F5N3. The predicted octanol–water partition coefficient (Wildman–Crippen LogP) is 3.29. The number of rotatable bonds is 4. The summed E-state index contributed by atoms with van der Waals surface area (Å²) in [6.45, 7) is -0.573. The van der Waals surface area contributed by atoms with E-state index in [1.54, 1.807) is 12.1 Å². The first-order valence-electron chi connectivity index (χ1n) is 6.03. The van der Waals surface area contributed by atoms with E-state index in [9.17, 15) is 22.0 Å². The fourth-order valence-corrected chi connectivity index (χ4v) is 1.86. The minimum atomic E-state index is -4.68. The second-order valence-corrected chi connectivity index (χ2v) is 4.39. The molecule has 2 aromatic rings. The van der Waals surface area contributed by atoms with E-state index in [0.29, 0.717) is 11.8 Å². The maximum Gasteiger partial charge on any atom is 0.434 e. The van der Waals surface area contributed by atoms with Gasteiger partial charge in [-0.05, 0) is 5.56 Å². The van der Waals surface area contributed by atoms with Crippen LogP contribution >= 0.6 is 0 Å². The summed E-state index contributed by atoms with van der Waals surface area (Å²) in [5.74, 6) is -0.147. The van der Waals surface area contributed by atoms with E-state index in [-0.39, 0.29) is 12.4 Å². The Kier molecular flexibility index (Phi) is 4.26. The molecule has 0 unspecified atom stereocenters. The lowest BCUT2D eigenvalue weighted by molar-refractivity contribution is -0.140. The first kappa shape index (κ1) is 15.4. The van der Waals surface area contributed by atoms with Crippen LogP contribution in [0.1, 0.15) is 11.3 Å². The highest BCUT2D eigenvalue weighted by Gasteiger charge is 2.35. The van der Waals surface area contributed by atoms with Gasteiger partial charge in [-0.2, -0.15) is 13.2 Å². The van der Waals surface area contributed by atoms with Crippen molar-refractivity contribution in [1.29, 1.82) is 0 Å². The van der Waals surface area contributed by atoms with Crippen LogP contribution in [0.3, 0.4) is 0 Å². The third-order valence-corrected chi connectivity index (χ3v) is 2.85. The fourth-order valence-electron chi connectivity index (χ4n) is 1.86. The van der Waals surface area contributed by atoms with Gasteiger partial charge in [-0.1, -0.05) is 24.3 Å². The van der Waals surface area contributed by atoms with Crippen LogP contribution in [0.4, 0.5) is 22.0 Å². The second kappa shape index (κ2) is 5.80. The number of hydrogen-bond donors (Lipinski definition) is 1. The maximum absolute atomic E-state index is 12.7. The van der Waals surface area contributed by atoms with Gasteiger partial charge >= 0.3 is 6.18 Å². The van der Waals surface area contributed by atoms with E-state index in [1.807, 2.05) is 0 Å². The Morgan fingerprint density at radius 2 is 1.76 bits per heavy atom. The van der Waals surface area contributed by atoms with E-state index < -0.39 is 24.8 Å².